The molecule has 0 radical (unpaired) electrons. The van der Waals surface area contributed by atoms with Gasteiger partial charge in [0, 0.05) is 18.5 Å². The van der Waals surface area contributed by atoms with Gasteiger partial charge in [0.15, 0.2) is 4.90 Å². The number of hydrogen-bond donors (Lipinski definition) is 1. The van der Waals surface area contributed by atoms with E-state index < -0.39 is 11.2 Å². The van der Waals surface area contributed by atoms with E-state index in [0.29, 0.717) is 12.5 Å². The summed E-state index contributed by atoms with van der Waals surface area (Å²) in [5.74, 6) is 1.36. The number of benzene rings is 1. The summed E-state index contributed by atoms with van der Waals surface area (Å²) in [6.45, 7) is 4.93. The first-order valence-corrected chi connectivity index (χ1v) is 8.88. The molecule has 3 heteroatoms. The smallest absolute Gasteiger partial charge is 0.153 e. The molecule has 0 saturated heterocycles. The Morgan fingerprint density at radius 1 is 1.25 bits per heavy atom. The van der Waals surface area contributed by atoms with Crippen LogP contribution in [-0.4, -0.2) is 16.9 Å². The Bertz CT molecular complexity index is 400. The van der Waals surface area contributed by atoms with Crippen LogP contribution in [0.5, 0.6) is 0 Å². The summed E-state index contributed by atoms with van der Waals surface area (Å²) in [7, 11) is 0. The lowest BCUT2D eigenvalue weighted by atomic mass is 10.0. The highest BCUT2D eigenvalue weighted by Gasteiger charge is 2.18. The predicted octanol–water partition coefficient (Wildman–Crippen LogP) is 3.98. The zero-order valence-corrected chi connectivity index (χ0v) is 13.5. The molecule has 0 aromatic heterocycles. The highest BCUT2D eigenvalue weighted by molar-refractivity contribution is 7.91. The second-order valence-electron chi connectivity index (χ2n) is 5.17. The minimum absolute atomic E-state index is 0.530. The number of nitrogens with two attached hydrogens (primary N) is 1. The summed E-state index contributed by atoms with van der Waals surface area (Å²) in [6, 6.07) is 7.96. The highest BCUT2D eigenvalue weighted by atomic mass is 32.2. The molecule has 0 bridgehead atoms. The van der Waals surface area contributed by atoms with Crippen LogP contribution in [0.1, 0.15) is 45.1 Å². The van der Waals surface area contributed by atoms with Crippen molar-refractivity contribution in [3.8, 4) is 0 Å². The Balaban J connectivity index is 2.70. The van der Waals surface area contributed by atoms with Crippen LogP contribution in [-0.2, 0) is 11.2 Å². The lowest BCUT2D eigenvalue weighted by Crippen LogP contribution is -2.16. The van der Waals surface area contributed by atoms with E-state index in [2.05, 4.69) is 13.8 Å². The fraction of sp³-hybridized carbons (Fsp3) is 0.529. The van der Waals surface area contributed by atoms with Gasteiger partial charge in [0.2, 0.25) is 0 Å². The van der Waals surface area contributed by atoms with Crippen molar-refractivity contribution in [2.24, 2.45) is 11.7 Å². The van der Waals surface area contributed by atoms with E-state index in [1.807, 2.05) is 36.4 Å². The van der Waals surface area contributed by atoms with Crippen LogP contribution >= 0.6 is 0 Å². The van der Waals surface area contributed by atoms with Gasteiger partial charge in [-0.05, 0) is 35.6 Å². The van der Waals surface area contributed by atoms with Crippen LogP contribution in [0.25, 0.3) is 6.08 Å². The third kappa shape index (κ3) is 6.12. The average Bonchev–Trinajstić information content (AvgIpc) is 2.46. The molecule has 1 aromatic carbocycles. The van der Waals surface area contributed by atoms with E-state index >= 15 is 0 Å². The Kier molecular flexibility index (Phi) is 8.67. The molecule has 0 spiro atoms. The lowest BCUT2D eigenvalue weighted by Gasteiger charge is -2.18. The van der Waals surface area contributed by atoms with Gasteiger partial charge >= 0.3 is 0 Å². The van der Waals surface area contributed by atoms with E-state index in [0.717, 1.165) is 16.2 Å². The molecule has 1 atom stereocenters. The molecule has 0 heterocycles. The normalized spacial score (nSPS) is 13.2. The summed E-state index contributed by atoms with van der Waals surface area (Å²) in [5.41, 5.74) is 6.53. The molecule has 2 N–H and O–H groups in total. The van der Waals surface area contributed by atoms with Gasteiger partial charge in [0.25, 0.3) is 0 Å². The van der Waals surface area contributed by atoms with Gasteiger partial charge < -0.3 is 10.3 Å². The summed E-state index contributed by atoms with van der Waals surface area (Å²) < 4.78 is 12.5. The zero-order chi connectivity index (χ0) is 14.8. The van der Waals surface area contributed by atoms with Gasteiger partial charge in [-0.1, -0.05) is 51.0 Å². The van der Waals surface area contributed by atoms with Gasteiger partial charge in [-0.2, -0.15) is 0 Å². The van der Waals surface area contributed by atoms with Crippen molar-refractivity contribution in [1.82, 2.24) is 0 Å². The van der Waals surface area contributed by atoms with Gasteiger partial charge in [-0.15, -0.1) is 0 Å². The Hall–Kier alpha value is -0.770. The summed E-state index contributed by atoms with van der Waals surface area (Å²) in [6.07, 6.45) is 8.58. The Morgan fingerprint density at radius 3 is 2.55 bits per heavy atom. The average molecular weight is 293 g/mol. The van der Waals surface area contributed by atoms with E-state index in [-0.39, 0.29) is 0 Å². The second kappa shape index (κ2) is 10.0. The maximum absolute atomic E-state index is 12.5. The van der Waals surface area contributed by atoms with Crippen molar-refractivity contribution in [3.05, 3.63) is 35.9 Å². The van der Waals surface area contributed by atoms with Crippen LogP contribution in [0, 0.1) is 5.92 Å². The third-order valence-electron chi connectivity index (χ3n) is 3.35. The minimum atomic E-state index is -0.897. The fourth-order valence-corrected chi connectivity index (χ4v) is 3.85. The van der Waals surface area contributed by atoms with Crippen molar-refractivity contribution in [2.75, 3.05) is 12.3 Å². The summed E-state index contributed by atoms with van der Waals surface area (Å²) in [4.78, 5) is 0.932. The molecule has 0 aliphatic rings. The van der Waals surface area contributed by atoms with Crippen LogP contribution in [0.2, 0.25) is 0 Å². The van der Waals surface area contributed by atoms with Gasteiger partial charge in [-0.25, -0.2) is 0 Å². The molecule has 0 aliphatic carbocycles. The summed E-state index contributed by atoms with van der Waals surface area (Å²) in [5, 5.41) is 0. The molecule has 1 rings (SSSR count). The van der Waals surface area contributed by atoms with Crippen molar-refractivity contribution >= 4 is 17.3 Å². The van der Waals surface area contributed by atoms with Crippen LogP contribution in [0.4, 0.5) is 0 Å². The highest BCUT2D eigenvalue weighted by Crippen LogP contribution is 2.21. The molecular weight excluding hydrogens is 266 g/mol. The first-order chi connectivity index (χ1) is 9.71. The lowest BCUT2D eigenvalue weighted by molar-refractivity contribution is 0.473. The van der Waals surface area contributed by atoms with Crippen LogP contribution < -0.4 is 5.73 Å². The molecular formula is C17H27NOS. The molecule has 1 aromatic rings. The standard InChI is InChI=1S/C17H27NOS/c1-3-7-16(8-4-2)14-20(19)17-11-5-9-15(13-17)10-6-12-18/h5-6,9-11,13,16H,3-4,7-8,12,14,18H2,1-2H3. The third-order valence-corrected chi connectivity index (χ3v) is 4.90. The molecule has 0 amide bonds. The Labute approximate surface area is 126 Å². The molecule has 0 saturated carbocycles. The maximum Gasteiger partial charge on any atom is 0.153 e. The van der Waals surface area contributed by atoms with E-state index in [4.69, 9.17) is 5.73 Å². The molecule has 20 heavy (non-hydrogen) atoms. The van der Waals surface area contributed by atoms with E-state index in [9.17, 15) is 4.55 Å². The van der Waals surface area contributed by atoms with Gasteiger partial charge in [-0.3, -0.25) is 0 Å². The van der Waals surface area contributed by atoms with Gasteiger partial charge in [0.1, 0.15) is 5.75 Å². The number of rotatable bonds is 9. The quantitative estimate of drug-likeness (QED) is 0.700. The topological polar surface area (TPSA) is 49.1 Å². The van der Waals surface area contributed by atoms with Crippen molar-refractivity contribution < 1.29 is 4.55 Å². The van der Waals surface area contributed by atoms with Crippen LogP contribution in [0.3, 0.4) is 0 Å². The predicted molar refractivity (Wildman–Crippen MR) is 89.1 cm³/mol. The number of hydrogen-bond acceptors (Lipinski definition) is 2. The minimum Gasteiger partial charge on any atom is -0.611 e. The molecule has 0 aliphatic heterocycles. The molecule has 0 fully saturated rings. The SMILES string of the molecule is CCCC(CCC)C[S+]([O-])c1cccc(C=CCN)c1. The largest absolute Gasteiger partial charge is 0.611 e. The fourth-order valence-electron chi connectivity index (χ4n) is 2.40. The first-order valence-electron chi connectivity index (χ1n) is 7.56. The Morgan fingerprint density at radius 2 is 1.95 bits per heavy atom. The van der Waals surface area contributed by atoms with Crippen LogP contribution in [0.15, 0.2) is 35.2 Å². The maximum atomic E-state index is 12.5. The summed E-state index contributed by atoms with van der Waals surface area (Å²) >= 11 is -0.897. The molecule has 112 valence electrons. The zero-order valence-electron chi connectivity index (χ0n) is 12.7. The van der Waals surface area contributed by atoms with Crippen molar-refractivity contribution in [1.29, 1.82) is 0 Å². The second-order valence-corrected chi connectivity index (χ2v) is 6.66. The molecule has 2 nitrogen and oxygen atoms in total. The van der Waals surface area contributed by atoms with Gasteiger partial charge in [0.05, 0.1) is 0 Å². The van der Waals surface area contributed by atoms with Crippen molar-refractivity contribution in [2.45, 2.75) is 44.4 Å². The van der Waals surface area contributed by atoms with E-state index in [1.54, 1.807) is 0 Å². The van der Waals surface area contributed by atoms with Crippen molar-refractivity contribution in [3.63, 3.8) is 0 Å². The first kappa shape index (κ1) is 17.3. The molecule has 1 unspecified atom stereocenters. The van der Waals surface area contributed by atoms with E-state index in [1.165, 1.54) is 25.7 Å². The monoisotopic (exact) mass is 293 g/mol.